The van der Waals surface area contributed by atoms with Crippen LogP contribution in [0.2, 0.25) is 0 Å². The fourth-order valence-electron chi connectivity index (χ4n) is 2.28. The maximum absolute atomic E-state index is 12.1. The summed E-state index contributed by atoms with van der Waals surface area (Å²) in [5, 5.41) is 9.83. The van der Waals surface area contributed by atoms with Crippen LogP contribution in [0.25, 0.3) is 11.5 Å². The molecule has 1 unspecified atom stereocenters. The topological polar surface area (TPSA) is 111 Å². The summed E-state index contributed by atoms with van der Waals surface area (Å²) in [5.74, 6) is -0.154. The lowest BCUT2D eigenvalue weighted by Crippen LogP contribution is -2.42. The number of amides is 3. The van der Waals surface area contributed by atoms with Crippen molar-refractivity contribution < 1.29 is 14.0 Å². The van der Waals surface area contributed by atoms with Gasteiger partial charge in [-0.2, -0.15) is 0 Å². The Bertz CT molecular complexity index is 778. The number of thioether (sulfide) groups is 1. The van der Waals surface area contributed by atoms with Crippen LogP contribution in [0.1, 0.15) is 40.2 Å². The van der Waals surface area contributed by atoms with Gasteiger partial charge < -0.3 is 10.2 Å². The van der Waals surface area contributed by atoms with E-state index in [9.17, 15) is 9.59 Å². The zero-order chi connectivity index (χ0) is 19.5. The highest BCUT2D eigenvalue weighted by Gasteiger charge is 2.27. The van der Waals surface area contributed by atoms with E-state index in [-0.39, 0.29) is 16.6 Å². The summed E-state index contributed by atoms with van der Waals surface area (Å²) in [6.07, 6.45) is 0. The molecule has 0 spiro atoms. The van der Waals surface area contributed by atoms with Crippen LogP contribution >= 0.6 is 11.8 Å². The van der Waals surface area contributed by atoms with Crippen LogP contribution in [0.4, 0.5) is 4.79 Å². The van der Waals surface area contributed by atoms with Crippen LogP contribution in [0.15, 0.2) is 33.9 Å². The predicted molar refractivity (Wildman–Crippen MR) is 101 cm³/mol. The number of rotatable bonds is 5. The number of hydrogen-bond donors (Lipinski definition) is 2. The molecule has 0 aliphatic heterocycles. The molecule has 0 radical (unpaired) electrons. The first-order valence-corrected chi connectivity index (χ1v) is 9.17. The number of primary amides is 1. The van der Waals surface area contributed by atoms with Gasteiger partial charge in [0.05, 0.1) is 5.25 Å². The molecule has 0 saturated heterocycles. The van der Waals surface area contributed by atoms with Gasteiger partial charge in [-0.15, -0.1) is 10.2 Å². The Hall–Kier alpha value is -2.35. The monoisotopic (exact) mass is 376 g/mol. The van der Waals surface area contributed by atoms with Crippen LogP contribution in [0.3, 0.4) is 0 Å². The third kappa shape index (κ3) is 5.08. The SMILES string of the molecule is CC(C)C(Sc1nnc(-c2ccc(C(C)(C)C)cc2)o1)C(=O)NC(N)=O. The van der Waals surface area contributed by atoms with Crippen molar-refractivity contribution in [3.63, 3.8) is 0 Å². The number of nitrogens with one attached hydrogen (secondary N) is 1. The van der Waals surface area contributed by atoms with E-state index < -0.39 is 17.2 Å². The molecule has 0 saturated carbocycles. The zero-order valence-corrected chi connectivity index (χ0v) is 16.4. The highest BCUT2D eigenvalue weighted by Crippen LogP contribution is 2.30. The van der Waals surface area contributed by atoms with E-state index in [1.165, 1.54) is 5.56 Å². The zero-order valence-electron chi connectivity index (χ0n) is 15.6. The first-order chi connectivity index (χ1) is 12.1. The highest BCUT2D eigenvalue weighted by atomic mass is 32.2. The molecule has 1 atom stereocenters. The van der Waals surface area contributed by atoms with E-state index in [1.807, 2.05) is 38.1 Å². The molecule has 0 aliphatic carbocycles. The van der Waals surface area contributed by atoms with Crippen molar-refractivity contribution in [1.82, 2.24) is 15.5 Å². The van der Waals surface area contributed by atoms with Gasteiger partial charge in [-0.3, -0.25) is 10.1 Å². The average Bonchev–Trinajstić information content (AvgIpc) is 2.99. The summed E-state index contributed by atoms with van der Waals surface area (Å²) >= 11 is 1.11. The Balaban J connectivity index is 2.15. The number of hydrogen-bond acceptors (Lipinski definition) is 6. The molecular formula is C18H24N4O3S. The number of imide groups is 1. The fraction of sp³-hybridized carbons (Fsp3) is 0.444. The predicted octanol–water partition coefficient (Wildman–Crippen LogP) is 3.35. The van der Waals surface area contributed by atoms with Crippen molar-refractivity contribution in [1.29, 1.82) is 0 Å². The van der Waals surface area contributed by atoms with Crippen LogP contribution in [-0.2, 0) is 10.2 Å². The first kappa shape index (κ1) is 20.0. The van der Waals surface area contributed by atoms with Gasteiger partial charge in [0.2, 0.25) is 11.8 Å². The van der Waals surface area contributed by atoms with Crippen LogP contribution in [-0.4, -0.2) is 27.4 Å². The lowest BCUT2D eigenvalue weighted by molar-refractivity contribution is -0.120. The Morgan fingerprint density at radius 1 is 1.15 bits per heavy atom. The van der Waals surface area contributed by atoms with Gasteiger partial charge in [-0.1, -0.05) is 58.5 Å². The molecule has 3 amide bonds. The first-order valence-electron chi connectivity index (χ1n) is 8.29. The lowest BCUT2D eigenvalue weighted by Gasteiger charge is -2.18. The summed E-state index contributed by atoms with van der Waals surface area (Å²) < 4.78 is 5.68. The van der Waals surface area contributed by atoms with Crippen molar-refractivity contribution in [2.24, 2.45) is 11.7 Å². The summed E-state index contributed by atoms with van der Waals surface area (Å²) in [6, 6.07) is 7.05. The average molecular weight is 376 g/mol. The standard InChI is InChI=1S/C18H24N4O3S/c1-10(2)13(14(23)20-16(19)24)26-17-22-21-15(25-17)11-6-8-12(9-7-11)18(3,4)5/h6-10,13H,1-5H3,(H3,19,20,23,24). The fourth-order valence-corrected chi connectivity index (χ4v) is 3.15. The van der Waals surface area contributed by atoms with E-state index in [1.54, 1.807) is 0 Å². The summed E-state index contributed by atoms with van der Waals surface area (Å²) in [7, 11) is 0. The second kappa shape index (κ2) is 7.90. The lowest BCUT2D eigenvalue weighted by atomic mass is 9.87. The summed E-state index contributed by atoms with van der Waals surface area (Å²) in [6.45, 7) is 10.2. The number of carbonyl (C=O) groups is 2. The Labute approximate surface area is 157 Å². The molecule has 26 heavy (non-hydrogen) atoms. The van der Waals surface area contributed by atoms with Gasteiger partial charge in [0, 0.05) is 5.56 Å². The third-order valence-electron chi connectivity index (χ3n) is 3.74. The van der Waals surface area contributed by atoms with E-state index in [0.29, 0.717) is 5.89 Å². The van der Waals surface area contributed by atoms with Crippen molar-refractivity contribution in [3.05, 3.63) is 29.8 Å². The molecule has 3 N–H and O–H groups in total. The van der Waals surface area contributed by atoms with Gasteiger partial charge >= 0.3 is 6.03 Å². The Kier molecular flexibility index (Phi) is 6.07. The molecule has 7 nitrogen and oxygen atoms in total. The van der Waals surface area contributed by atoms with Crippen molar-refractivity contribution in [2.75, 3.05) is 0 Å². The Morgan fingerprint density at radius 2 is 1.77 bits per heavy atom. The minimum atomic E-state index is -0.883. The van der Waals surface area contributed by atoms with Gasteiger partial charge in [0.25, 0.3) is 5.22 Å². The highest BCUT2D eigenvalue weighted by molar-refractivity contribution is 8.00. The maximum Gasteiger partial charge on any atom is 0.318 e. The van der Waals surface area contributed by atoms with Gasteiger partial charge in [-0.25, -0.2) is 4.79 Å². The van der Waals surface area contributed by atoms with E-state index >= 15 is 0 Å². The minimum absolute atomic E-state index is 0.0548. The number of aromatic nitrogens is 2. The molecule has 0 bridgehead atoms. The van der Waals surface area contributed by atoms with Crippen LogP contribution in [0, 0.1) is 5.92 Å². The molecule has 2 aromatic rings. The summed E-state index contributed by atoms with van der Waals surface area (Å²) in [5.41, 5.74) is 7.09. The van der Waals surface area contributed by atoms with Gasteiger partial charge in [-0.05, 0) is 29.0 Å². The quantitative estimate of drug-likeness (QED) is 0.774. The second-order valence-corrected chi connectivity index (χ2v) is 8.43. The molecular weight excluding hydrogens is 352 g/mol. The molecule has 1 aromatic carbocycles. The van der Waals surface area contributed by atoms with Crippen molar-refractivity contribution >= 4 is 23.7 Å². The summed E-state index contributed by atoms with van der Waals surface area (Å²) in [4.78, 5) is 23.0. The van der Waals surface area contributed by atoms with Crippen LogP contribution in [0.5, 0.6) is 0 Å². The Morgan fingerprint density at radius 3 is 2.27 bits per heavy atom. The van der Waals surface area contributed by atoms with E-state index in [2.05, 4.69) is 36.3 Å². The molecule has 1 aromatic heterocycles. The van der Waals surface area contributed by atoms with E-state index in [4.69, 9.17) is 10.2 Å². The number of carbonyl (C=O) groups excluding carboxylic acids is 2. The smallest absolute Gasteiger partial charge is 0.318 e. The molecule has 140 valence electrons. The number of urea groups is 1. The molecule has 0 fully saturated rings. The minimum Gasteiger partial charge on any atom is -0.411 e. The van der Waals surface area contributed by atoms with Gasteiger partial charge in [0.1, 0.15) is 0 Å². The number of nitrogens with two attached hydrogens (primary N) is 1. The number of nitrogens with zero attached hydrogens (tertiary/aromatic N) is 2. The second-order valence-electron chi connectivity index (χ2n) is 7.34. The van der Waals surface area contributed by atoms with Crippen molar-refractivity contribution in [2.45, 2.75) is 50.5 Å². The molecule has 0 aliphatic rings. The normalized spacial score (nSPS) is 12.8. The molecule has 2 rings (SSSR count). The largest absolute Gasteiger partial charge is 0.411 e. The maximum atomic E-state index is 12.1. The van der Waals surface area contributed by atoms with Gasteiger partial charge in [0.15, 0.2) is 0 Å². The van der Waals surface area contributed by atoms with E-state index in [0.717, 1.165) is 17.3 Å². The molecule has 8 heteroatoms. The third-order valence-corrected chi connectivity index (χ3v) is 5.12. The van der Waals surface area contributed by atoms with Crippen molar-refractivity contribution in [3.8, 4) is 11.5 Å². The number of benzene rings is 1. The molecule has 1 heterocycles. The van der Waals surface area contributed by atoms with Crippen LogP contribution < -0.4 is 11.1 Å².